The quantitative estimate of drug-likeness (QED) is 0.836. The predicted octanol–water partition coefficient (Wildman–Crippen LogP) is 2.34. The van der Waals surface area contributed by atoms with Gasteiger partial charge < -0.3 is 14.8 Å². The number of rotatable bonds is 1. The number of aromatic carboxylic acids is 1. The van der Waals surface area contributed by atoms with Crippen molar-refractivity contribution in [1.82, 2.24) is 4.57 Å². The van der Waals surface area contributed by atoms with Crippen LogP contribution in [0.15, 0.2) is 22.7 Å². The zero-order valence-corrected chi connectivity index (χ0v) is 9.45. The molecule has 1 heterocycles. The van der Waals surface area contributed by atoms with Gasteiger partial charge in [-0.25, -0.2) is 4.79 Å². The third-order valence-electron chi connectivity index (χ3n) is 2.33. The highest BCUT2D eigenvalue weighted by molar-refractivity contribution is 9.10. The monoisotopic (exact) mass is 269 g/mol. The van der Waals surface area contributed by atoms with Crippen molar-refractivity contribution >= 4 is 32.8 Å². The molecular formula is C10H8BrNO3. The van der Waals surface area contributed by atoms with Crippen LogP contribution in [0.1, 0.15) is 10.5 Å². The highest BCUT2D eigenvalue weighted by Crippen LogP contribution is 2.30. The fraction of sp³-hybridized carbons (Fsp3) is 0.100. The fourth-order valence-electron chi connectivity index (χ4n) is 1.55. The summed E-state index contributed by atoms with van der Waals surface area (Å²) in [6, 6.07) is 4.80. The number of nitrogens with zero attached hydrogens (tertiary/aromatic N) is 1. The molecule has 0 saturated carbocycles. The van der Waals surface area contributed by atoms with Crippen LogP contribution in [0.25, 0.3) is 10.9 Å². The van der Waals surface area contributed by atoms with E-state index < -0.39 is 5.97 Å². The molecule has 0 aliphatic heterocycles. The van der Waals surface area contributed by atoms with E-state index in [9.17, 15) is 9.90 Å². The number of hydrogen-bond donors (Lipinski definition) is 2. The third kappa shape index (κ3) is 1.48. The Morgan fingerprint density at radius 2 is 2.07 bits per heavy atom. The largest absolute Gasteiger partial charge is 0.507 e. The minimum absolute atomic E-state index is 0.0978. The van der Waals surface area contributed by atoms with Crippen LogP contribution in [0.2, 0.25) is 0 Å². The number of fused-ring (bicyclic) bond motifs is 1. The maximum Gasteiger partial charge on any atom is 0.352 e. The van der Waals surface area contributed by atoms with Crippen molar-refractivity contribution in [2.45, 2.75) is 0 Å². The zero-order valence-electron chi connectivity index (χ0n) is 7.86. The van der Waals surface area contributed by atoms with E-state index in [4.69, 9.17) is 5.11 Å². The second kappa shape index (κ2) is 3.27. The fourth-order valence-corrected chi connectivity index (χ4v) is 1.91. The molecule has 5 heteroatoms. The van der Waals surface area contributed by atoms with E-state index in [1.54, 1.807) is 19.2 Å². The Morgan fingerprint density at radius 3 is 2.67 bits per heavy atom. The van der Waals surface area contributed by atoms with Gasteiger partial charge in [-0.2, -0.15) is 0 Å². The average molecular weight is 270 g/mol. The molecule has 1 aromatic heterocycles. The van der Waals surface area contributed by atoms with Gasteiger partial charge >= 0.3 is 5.97 Å². The maximum absolute atomic E-state index is 10.9. The third-order valence-corrected chi connectivity index (χ3v) is 2.97. The van der Waals surface area contributed by atoms with Gasteiger partial charge in [-0.1, -0.05) is 0 Å². The van der Waals surface area contributed by atoms with Crippen molar-refractivity contribution in [2.24, 2.45) is 7.05 Å². The number of aromatic nitrogens is 1. The van der Waals surface area contributed by atoms with E-state index in [0.29, 0.717) is 9.99 Å². The lowest BCUT2D eigenvalue weighted by molar-refractivity contribution is 0.0687. The first-order chi connectivity index (χ1) is 7.00. The van der Waals surface area contributed by atoms with Crippen molar-refractivity contribution in [3.63, 3.8) is 0 Å². The summed E-state index contributed by atoms with van der Waals surface area (Å²) in [5.74, 6) is -0.884. The molecule has 78 valence electrons. The highest BCUT2D eigenvalue weighted by Gasteiger charge is 2.13. The average Bonchev–Trinajstić information content (AvgIpc) is 2.46. The number of carboxylic acids is 1. The number of phenols is 1. The van der Waals surface area contributed by atoms with E-state index in [-0.39, 0.29) is 11.4 Å². The van der Waals surface area contributed by atoms with Gasteiger partial charge in [-0.15, -0.1) is 0 Å². The summed E-state index contributed by atoms with van der Waals surface area (Å²) >= 11 is 3.18. The standard InChI is InChI=1S/C10H8BrNO3/c1-12-7-4-9(13)6(11)2-5(7)3-8(12)10(14)15/h2-4,13H,1H3,(H,14,15). The van der Waals surface area contributed by atoms with Crippen LogP contribution >= 0.6 is 15.9 Å². The molecule has 15 heavy (non-hydrogen) atoms. The first-order valence-corrected chi connectivity index (χ1v) is 5.01. The summed E-state index contributed by atoms with van der Waals surface area (Å²) in [6.45, 7) is 0. The lowest BCUT2D eigenvalue weighted by Gasteiger charge is -2.01. The van der Waals surface area contributed by atoms with Crippen LogP contribution in [-0.2, 0) is 7.05 Å². The van der Waals surface area contributed by atoms with Crippen molar-refractivity contribution < 1.29 is 15.0 Å². The number of carboxylic acid groups (broad SMARTS) is 1. The smallest absolute Gasteiger partial charge is 0.352 e. The molecule has 0 unspecified atom stereocenters. The van der Waals surface area contributed by atoms with E-state index in [0.717, 1.165) is 5.39 Å². The van der Waals surface area contributed by atoms with Crippen LogP contribution in [0.5, 0.6) is 5.75 Å². The van der Waals surface area contributed by atoms with Gasteiger partial charge in [0.1, 0.15) is 11.4 Å². The Morgan fingerprint density at radius 1 is 1.40 bits per heavy atom. The molecule has 2 aromatic rings. The highest BCUT2D eigenvalue weighted by atomic mass is 79.9. The summed E-state index contributed by atoms with van der Waals surface area (Å²) in [5, 5.41) is 19.2. The number of aromatic hydroxyl groups is 1. The SMILES string of the molecule is Cn1c(C(=O)O)cc2cc(Br)c(O)cc21. The van der Waals surface area contributed by atoms with Crippen LogP contribution in [0.3, 0.4) is 0 Å². The molecule has 2 rings (SSSR count). The minimum Gasteiger partial charge on any atom is -0.507 e. The molecule has 1 aromatic carbocycles. The first kappa shape index (κ1) is 10.0. The normalized spacial score (nSPS) is 10.8. The Balaban J connectivity index is 2.83. The van der Waals surface area contributed by atoms with Crippen molar-refractivity contribution in [3.8, 4) is 5.75 Å². The lowest BCUT2D eigenvalue weighted by Crippen LogP contribution is -2.03. The molecule has 0 aliphatic rings. The van der Waals surface area contributed by atoms with Crippen LogP contribution in [0.4, 0.5) is 0 Å². The Labute approximate surface area is 93.9 Å². The number of aryl methyl sites for hydroxylation is 1. The number of benzene rings is 1. The summed E-state index contributed by atoms with van der Waals surface area (Å²) in [5.41, 5.74) is 0.885. The van der Waals surface area contributed by atoms with Crippen LogP contribution in [0, 0.1) is 0 Å². The molecule has 0 bridgehead atoms. The minimum atomic E-state index is -0.982. The molecule has 0 spiro atoms. The van der Waals surface area contributed by atoms with Gasteiger partial charge in [0.25, 0.3) is 0 Å². The molecule has 0 radical (unpaired) electrons. The lowest BCUT2D eigenvalue weighted by atomic mass is 10.2. The predicted molar refractivity (Wildman–Crippen MR) is 59.2 cm³/mol. The zero-order chi connectivity index (χ0) is 11.2. The Hall–Kier alpha value is -1.49. The van der Waals surface area contributed by atoms with Crippen LogP contribution in [-0.4, -0.2) is 20.7 Å². The second-order valence-corrected chi connectivity index (χ2v) is 4.11. The summed E-state index contributed by atoms with van der Waals surface area (Å²) in [4.78, 5) is 10.9. The molecular weight excluding hydrogens is 262 g/mol. The topological polar surface area (TPSA) is 62.5 Å². The maximum atomic E-state index is 10.9. The van der Waals surface area contributed by atoms with Crippen molar-refractivity contribution in [1.29, 1.82) is 0 Å². The number of phenolic OH excluding ortho intramolecular Hbond substituents is 1. The first-order valence-electron chi connectivity index (χ1n) is 4.22. The van der Waals surface area contributed by atoms with Crippen molar-refractivity contribution in [3.05, 3.63) is 28.4 Å². The van der Waals surface area contributed by atoms with E-state index in [1.165, 1.54) is 10.6 Å². The molecule has 0 amide bonds. The van der Waals surface area contributed by atoms with Crippen molar-refractivity contribution in [2.75, 3.05) is 0 Å². The molecule has 4 nitrogen and oxygen atoms in total. The van der Waals surface area contributed by atoms with E-state index in [2.05, 4.69) is 15.9 Å². The summed E-state index contributed by atoms with van der Waals surface area (Å²) < 4.78 is 2.08. The van der Waals surface area contributed by atoms with E-state index in [1.807, 2.05) is 0 Å². The number of halogens is 1. The van der Waals surface area contributed by atoms with Gasteiger partial charge in [0.2, 0.25) is 0 Å². The molecule has 0 atom stereocenters. The van der Waals surface area contributed by atoms with Gasteiger partial charge in [0.15, 0.2) is 0 Å². The number of hydrogen-bond acceptors (Lipinski definition) is 2. The van der Waals surface area contributed by atoms with E-state index >= 15 is 0 Å². The molecule has 0 saturated heterocycles. The Bertz CT molecular complexity index is 559. The molecule has 0 fully saturated rings. The van der Waals surface area contributed by atoms with Gasteiger partial charge in [-0.05, 0) is 28.1 Å². The van der Waals surface area contributed by atoms with Crippen LogP contribution < -0.4 is 0 Å². The van der Waals surface area contributed by atoms with Gasteiger partial charge in [0.05, 0.1) is 9.99 Å². The molecule has 2 N–H and O–H groups in total. The molecule has 0 aliphatic carbocycles. The van der Waals surface area contributed by atoms with Gasteiger partial charge in [-0.3, -0.25) is 0 Å². The summed E-state index contributed by atoms with van der Waals surface area (Å²) in [6.07, 6.45) is 0. The second-order valence-electron chi connectivity index (χ2n) is 3.26. The van der Waals surface area contributed by atoms with Gasteiger partial charge in [0, 0.05) is 18.5 Å². The summed E-state index contributed by atoms with van der Waals surface area (Å²) in [7, 11) is 1.65. The number of carbonyl (C=O) groups is 1. The Kier molecular flexibility index (Phi) is 2.19.